The highest BCUT2D eigenvalue weighted by molar-refractivity contribution is 8.01. The molecule has 4 rings (SSSR count). The number of halogens is 1. The van der Waals surface area contributed by atoms with E-state index >= 15 is 0 Å². The number of nitrogens with one attached hydrogen (secondary N) is 1. The fraction of sp³-hybridized carbons (Fsp3) is 0.591. The molecule has 3 N–H and O–H groups in total. The summed E-state index contributed by atoms with van der Waals surface area (Å²) in [6.45, 7) is 5.27. The minimum absolute atomic E-state index is 0. The second-order valence-corrected chi connectivity index (χ2v) is 9.29. The summed E-state index contributed by atoms with van der Waals surface area (Å²) in [5.41, 5.74) is 1.21. The van der Waals surface area contributed by atoms with E-state index < -0.39 is 0 Å². The Bertz CT molecular complexity index is 783. The molecule has 1 aliphatic carbocycles. The number of methoxy groups -OCH3 is 1. The first-order valence-corrected chi connectivity index (χ1v) is 11.3. The molecule has 0 radical (unpaired) electrons. The number of rotatable bonds is 4. The number of ether oxygens (including phenoxy) is 1. The van der Waals surface area contributed by atoms with E-state index in [0.717, 1.165) is 55.8 Å². The van der Waals surface area contributed by atoms with Gasteiger partial charge in [0.15, 0.2) is 11.4 Å². The smallest absolute Gasteiger partial charge is 0.234 e. The van der Waals surface area contributed by atoms with Crippen LogP contribution in [0.5, 0.6) is 5.75 Å². The van der Waals surface area contributed by atoms with Crippen LogP contribution < -0.4 is 14.5 Å². The maximum Gasteiger partial charge on any atom is 0.234 e. The van der Waals surface area contributed by atoms with Gasteiger partial charge in [0.2, 0.25) is 5.91 Å². The average molecular weight is 455 g/mol. The average Bonchev–Trinajstić information content (AvgIpc) is 3.34. The molecule has 3 aliphatic rings. The Hall–Kier alpha value is -1.43. The molecule has 0 bridgehead atoms. The van der Waals surface area contributed by atoms with Gasteiger partial charge >= 0.3 is 0 Å². The zero-order chi connectivity index (χ0) is 19.5. The highest BCUT2D eigenvalue weighted by Crippen LogP contribution is 2.48. The summed E-state index contributed by atoms with van der Waals surface area (Å²) in [5.74, 6) is 8.60. The molecule has 1 aromatic carbocycles. The summed E-state index contributed by atoms with van der Waals surface area (Å²) in [4.78, 5) is 14.5. The first-order chi connectivity index (χ1) is 13.7. The number of nitrogens with zero attached hydrogens (tertiary/aromatic N) is 2. The van der Waals surface area contributed by atoms with E-state index in [9.17, 15) is 4.79 Å². The molecule has 2 saturated heterocycles. The number of para-hydroxylation sites is 2. The predicted molar refractivity (Wildman–Crippen MR) is 126 cm³/mol. The second kappa shape index (κ2) is 10.7. The number of hydrogen-bond donors (Lipinski definition) is 1. The molecule has 2 heterocycles. The van der Waals surface area contributed by atoms with Gasteiger partial charge in [-0.2, -0.15) is 0 Å². The summed E-state index contributed by atoms with van der Waals surface area (Å²) in [7, 11) is 1.74. The van der Waals surface area contributed by atoms with Gasteiger partial charge in [-0.15, -0.1) is 24.2 Å². The fourth-order valence-electron chi connectivity index (χ4n) is 4.82. The Kier molecular flexibility index (Phi) is 8.89. The zero-order valence-electron chi connectivity index (χ0n) is 17.6. The van der Waals surface area contributed by atoms with Gasteiger partial charge in [-0.3, -0.25) is 9.28 Å². The minimum Gasteiger partial charge on any atom is -0.491 e. The third kappa shape index (κ3) is 4.74. The van der Waals surface area contributed by atoms with Crippen molar-refractivity contribution in [2.45, 2.75) is 30.6 Å². The Morgan fingerprint density at radius 1 is 1.20 bits per heavy atom. The maximum absolute atomic E-state index is 12.4. The number of thioether (sulfide) groups is 1. The molecular weight excluding hydrogens is 422 g/mol. The van der Waals surface area contributed by atoms with Crippen LogP contribution in [-0.2, 0) is 4.79 Å². The molecule has 1 saturated carbocycles. The fourth-order valence-corrected chi connectivity index (χ4v) is 6.27. The number of benzene rings is 1. The first-order valence-electron chi connectivity index (χ1n) is 10.3. The Balaban J connectivity index is 0.00000160. The number of quaternary nitrogens is 1. The molecule has 1 aromatic rings. The first kappa shape index (κ1) is 24.8. The lowest BCUT2D eigenvalue weighted by Crippen LogP contribution is -2.60. The van der Waals surface area contributed by atoms with Gasteiger partial charge in [-0.25, -0.2) is 0 Å². The largest absolute Gasteiger partial charge is 0.491 e. The lowest BCUT2D eigenvalue weighted by atomic mass is 10.1. The van der Waals surface area contributed by atoms with Crippen LogP contribution in [0.3, 0.4) is 0 Å². The van der Waals surface area contributed by atoms with Crippen LogP contribution in [0.1, 0.15) is 25.7 Å². The van der Waals surface area contributed by atoms with Crippen molar-refractivity contribution >= 4 is 35.8 Å². The van der Waals surface area contributed by atoms with Crippen molar-refractivity contribution in [2.75, 3.05) is 52.1 Å². The van der Waals surface area contributed by atoms with Crippen molar-refractivity contribution < 1.29 is 15.0 Å². The summed E-state index contributed by atoms with van der Waals surface area (Å²) in [5, 5.41) is 3.46. The van der Waals surface area contributed by atoms with Crippen molar-refractivity contribution in [3.05, 3.63) is 24.3 Å². The molecule has 166 valence electrons. The quantitative estimate of drug-likeness (QED) is 0.558. The van der Waals surface area contributed by atoms with Crippen molar-refractivity contribution in [2.24, 2.45) is 0 Å². The monoisotopic (exact) mass is 454 g/mol. The van der Waals surface area contributed by atoms with Gasteiger partial charge in [-0.05, 0) is 24.8 Å². The van der Waals surface area contributed by atoms with Crippen LogP contribution in [0.15, 0.2) is 24.3 Å². The summed E-state index contributed by atoms with van der Waals surface area (Å²) in [6.07, 6.45) is 4.70. The lowest BCUT2D eigenvalue weighted by Gasteiger charge is -2.40. The topological polar surface area (TPSA) is 73.1 Å². The lowest BCUT2D eigenvalue weighted by molar-refractivity contribution is -0.129. The molecule has 1 amide bonds. The van der Waals surface area contributed by atoms with E-state index in [2.05, 4.69) is 34.2 Å². The van der Waals surface area contributed by atoms with Crippen molar-refractivity contribution in [1.29, 1.82) is 0 Å². The molecule has 8 heteroatoms. The predicted octanol–water partition coefficient (Wildman–Crippen LogP) is 2.05. The van der Waals surface area contributed by atoms with E-state index in [1.165, 1.54) is 18.5 Å². The summed E-state index contributed by atoms with van der Waals surface area (Å²) >= 11 is 1.84. The van der Waals surface area contributed by atoms with Crippen LogP contribution in [0.4, 0.5) is 5.69 Å². The van der Waals surface area contributed by atoms with Crippen LogP contribution in [0, 0.1) is 11.8 Å². The summed E-state index contributed by atoms with van der Waals surface area (Å²) in [6, 6.07) is 8.30. The molecule has 0 unspecified atom stereocenters. The van der Waals surface area contributed by atoms with Crippen LogP contribution in [0.2, 0.25) is 0 Å². The standard InChI is InChI=1S/C22H30N3O2S.ClH.H2O/c1-27-20-9-3-2-8-19(20)25(16-12-23-13-17-25)15-7-6-14-24-21(26)18-28-22(24)10-4-5-11-22;;/h2-3,8-9,23H,4-5,10-18H2,1H3;1H;1H2/q+1;;. The van der Waals surface area contributed by atoms with Crippen molar-refractivity contribution in [3.8, 4) is 17.6 Å². The highest BCUT2D eigenvalue weighted by Gasteiger charge is 2.47. The van der Waals surface area contributed by atoms with Crippen LogP contribution in [0.25, 0.3) is 0 Å². The molecule has 2 aliphatic heterocycles. The third-order valence-corrected chi connectivity index (χ3v) is 7.97. The SMILES string of the molecule is COc1ccccc1[N+]1(CC#CCN2C(=O)CSC23CCCC3)CCNCC1.Cl.O. The highest BCUT2D eigenvalue weighted by atomic mass is 35.5. The van der Waals surface area contributed by atoms with Gasteiger partial charge in [0.05, 0.1) is 37.4 Å². The van der Waals surface area contributed by atoms with E-state index in [-0.39, 0.29) is 28.7 Å². The van der Waals surface area contributed by atoms with Gasteiger partial charge in [0.1, 0.15) is 6.54 Å². The molecule has 0 aromatic heterocycles. The number of carbonyl (C=O) groups excluding carboxylic acids is 1. The normalized spacial score (nSPS) is 21.4. The van der Waals surface area contributed by atoms with E-state index in [1.807, 2.05) is 23.9 Å². The Morgan fingerprint density at radius 3 is 2.60 bits per heavy atom. The molecule has 0 atom stereocenters. The number of carbonyl (C=O) groups is 1. The van der Waals surface area contributed by atoms with Gasteiger partial charge in [-0.1, -0.05) is 30.9 Å². The molecular formula is C22H33ClN3O3S+. The maximum atomic E-state index is 12.4. The Morgan fingerprint density at radius 2 is 1.90 bits per heavy atom. The van der Waals surface area contributed by atoms with E-state index in [4.69, 9.17) is 4.74 Å². The van der Waals surface area contributed by atoms with Gasteiger partial charge in [0.25, 0.3) is 0 Å². The van der Waals surface area contributed by atoms with E-state index in [0.29, 0.717) is 12.3 Å². The third-order valence-electron chi connectivity index (χ3n) is 6.42. The second-order valence-electron chi connectivity index (χ2n) is 7.95. The zero-order valence-corrected chi connectivity index (χ0v) is 19.2. The molecule has 30 heavy (non-hydrogen) atoms. The number of piperazine rings is 1. The molecule has 1 spiro atoms. The van der Waals surface area contributed by atoms with Crippen LogP contribution >= 0.6 is 24.2 Å². The number of amides is 1. The minimum atomic E-state index is 0. The van der Waals surface area contributed by atoms with Crippen LogP contribution in [-0.4, -0.2) is 73.3 Å². The number of hydrogen-bond acceptors (Lipinski definition) is 4. The van der Waals surface area contributed by atoms with E-state index in [1.54, 1.807) is 7.11 Å². The summed E-state index contributed by atoms with van der Waals surface area (Å²) < 4.78 is 6.47. The van der Waals surface area contributed by atoms with Crippen molar-refractivity contribution in [3.63, 3.8) is 0 Å². The van der Waals surface area contributed by atoms with Gasteiger partial charge in [0, 0.05) is 19.2 Å². The Labute approximate surface area is 190 Å². The molecule has 3 fully saturated rings. The van der Waals surface area contributed by atoms with Gasteiger partial charge < -0.3 is 20.4 Å². The molecule has 6 nitrogen and oxygen atoms in total. The van der Waals surface area contributed by atoms with Crippen molar-refractivity contribution in [1.82, 2.24) is 14.7 Å².